The summed E-state index contributed by atoms with van der Waals surface area (Å²) >= 11 is 1.73. The summed E-state index contributed by atoms with van der Waals surface area (Å²) in [5.74, 6) is 0.835. The van der Waals surface area contributed by atoms with E-state index in [0.29, 0.717) is 6.04 Å². The first kappa shape index (κ1) is 16.9. The summed E-state index contributed by atoms with van der Waals surface area (Å²) in [7, 11) is 0. The van der Waals surface area contributed by atoms with E-state index in [0.717, 1.165) is 55.6 Å². The maximum Gasteiger partial charge on any atom is 0.148 e. The summed E-state index contributed by atoms with van der Waals surface area (Å²) in [6, 6.07) is 4.28. The van der Waals surface area contributed by atoms with E-state index in [1.165, 1.54) is 12.1 Å². The smallest absolute Gasteiger partial charge is 0.148 e. The van der Waals surface area contributed by atoms with Crippen molar-refractivity contribution in [3.63, 3.8) is 0 Å². The van der Waals surface area contributed by atoms with E-state index < -0.39 is 0 Å². The highest BCUT2D eigenvalue weighted by atomic mass is 32.1. The normalized spacial score (nSPS) is 27.0. The first-order valence-corrected chi connectivity index (χ1v) is 9.82. The summed E-state index contributed by atoms with van der Waals surface area (Å²) in [6.45, 7) is 7.79. The van der Waals surface area contributed by atoms with Gasteiger partial charge >= 0.3 is 0 Å². The zero-order chi connectivity index (χ0) is 17.3. The molecule has 0 aliphatic carbocycles. The number of nitrogens with one attached hydrogen (secondary N) is 1. The Bertz CT molecular complexity index is 719. The molecular weight excluding hydrogens is 334 g/mol. The van der Waals surface area contributed by atoms with Gasteiger partial charge < -0.3 is 10.1 Å². The lowest BCUT2D eigenvalue weighted by atomic mass is 9.88. The second kappa shape index (κ2) is 6.97. The molecule has 2 fully saturated rings. The third-order valence-corrected chi connectivity index (χ3v) is 5.85. The maximum atomic E-state index is 6.29. The number of ether oxygens (including phenoxy) is 1. The van der Waals surface area contributed by atoms with E-state index in [1.54, 1.807) is 11.3 Å². The van der Waals surface area contributed by atoms with Crippen molar-refractivity contribution in [3.8, 4) is 0 Å². The quantitative estimate of drug-likeness (QED) is 0.906. The van der Waals surface area contributed by atoms with Crippen molar-refractivity contribution in [2.24, 2.45) is 0 Å². The van der Waals surface area contributed by atoms with Crippen molar-refractivity contribution < 1.29 is 4.74 Å². The molecule has 2 aromatic heterocycles. The largest absolute Gasteiger partial charge is 0.371 e. The van der Waals surface area contributed by atoms with Crippen LogP contribution in [0.25, 0.3) is 0 Å². The maximum absolute atomic E-state index is 6.29. The summed E-state index contributed by atoms with van der Waals surface area (Å²) in [6.07, 6.45) is 3.34. The molecule has 0 radical (unpaired) electrons. The van der Waals surface area contributed by atoms with Crippen molar-refractivity contribution in [1.82, 2.24) is 20.1 Å². The molecule has 0 aromatic carbocycles. The second-order valence-corrected chi connectivity index (χ2v) is 8.33. The number of nitrogens with zero attached hydrogens (tertiary/aromatic N) is 4. The van der Waals surface area contributed by atoms with Gasteiger partial charge in [0.05, 0.1) is 34.6 Å². The number of thiazole rings is 1. The minimum atomic E-state index is -0.0287. The number of aryl methyl sites for hydroxylation is 2. The first-order valence-electron chi connectivity index (χ1n) is 8.94. The Kier molecular flexibility index (Phi) is 4.71. The van der Waals surface area contributed by atoms with Crippen LogP contribution in [0.3, 0.4) is 0 Å². The third-order valence-electron chi connectivity index (χ3n) is 5.03. The van der Waals surface area contributed by atoms with Crippen LogP contribution < -0.4 is 5.32 Å². The number of rotatable bonds is 4. The van der Waals surface area contributed by atoms with E-state index >= 15 is 0 Å². The first-order chi connectivity index (χ1) is 12.1. The van der Waals surface area contributed by atoms with Crippen LogP contribution in [-0.4, -0.2) is 51.4 Å². The fourth-order valence-electron chi connectivity index (χ4n) is 3.94. The van der Waals surface area contributed by atoms with Crippen LogP contribution in [0.4, 0.5) is 5.82 Å². The molecule has 1 N–H and O–H groups in total. The minimum absolute atomic E-state index is 0.0287. The fourth-order valence-corrected chi connectivity index (χ4v) is 4.55. The molecule has 25 heavy (non-hydrogen) atoms. The Labute approximate surface area is 152 Å². The molecule has 2 aliphatic rings. The predicted molar refractivity (Wildman–Crippen MR) is 98.8 cm³/mol. The summed E-state index contributed by atoms with van der Waals surface area (Å²) in [5.41, 5.74) is 2.09. The molecule has 0 amide bonds. The van der Waals surface area contributed by atoms with Gasteiger partial charge in [0.25, 0.3) is 0 Å². The van der Waals surface area contributed by atoms with Crippen molar-refractivity contribution in [2.75, 3.05) is 25.0 Å². The molecule has 2 atom stereocenters. The van der Waals surface area contributed by atoms with Crippen molar-refractivity contribution in [1.29, 1.82) is 0 Å². The summed E-state index contributed by atoms with van der Waals surface area (Å²) in [4.78, 5) is 7.10. The minimum Gasteiger partial charge on any atom is -0.371 e. The van der Waals surface area contributed by atoms with Gasteiger partial charge in [0.2, 0.25) is 0 Å². The topological polar surface area (TPSA) is 63.2 Å². The van der Waals surface area contributed by atoms with Crippen LogP contribution in [-0.2, 0) is 11.3 Å². The van der Waals surface area contributed by atoms with Crippen molar-refractivity contribution in [3.05, 3.63) is 33.9 Å². The Morgan fingerprint density at radius 3 is 3.04 bits per heavy atom. The number of anilines is 1. The third kappa shape index (κ3) is 3.99. The van der Waals surface area contributed by atoms with E-state index in [2.05, 4.69) is 37.7 Å². The Morgan fingerprint density at radius 1 is 1.36 bits per heavy atom. The molecule has 0 unspecified atom stereocenters. The number of hydrogen-bond acceptors (Lipinski definition) is 7. The molecule has 0 saturated carbocycles. The van der Waals surface area contributed by atoms with Crippen molar-refractivity contribution in [2.45, 2.75) is 51.3 Å². The zero-order valence-corrected chi connectivity index (χ0v) is 15.7. The molecule has 2 saturated heterocycles. The van der Waals surface area contributed by atoms with E-state index in [4.69, 9.17) is 4.74 Å². The monoisotopic (exact) mass is 359 g/mol. The van der Waals surface area contributed by atoms with Crippen LogP contribution in [0.15, 0.2) is 17.5 Å². The van der Waals surface area contributed by atoms with E-state index in [-0.39, 0.29) is 5.60 Å². The van der Waals surface area contributed by atoms with Gasteiger partial charge in [-0.2, -0.15) is 5.10 Å². The van der Waals surface area contributed by atoms with Gasteiger partial charge in [-0.3, -0.25) is 4.90 Å². The van der Waals surface area contributed by atoms with Gasteiger partial charge in [0, 0.05) is 24.9 Å². The van der Waals surface area contributed by atoms with E-state index in [9.17, 15) is 0 Å². The van der Waals surface area contributed by atoms with Gasteiger partial charge in [0.15, 0.2) is 0 Å². The van der Waals surface area contributed by atoms with Crippen molar-refractivity contribution >= 4 is 17.2 Å². The molecule has 0 bridgehead atoms. The number of hydrogen-bond donors (Lipinski definition) is 1. The van der Waals surface area contributed by atoms with Crippen LogP contribution in [0.1, 0.15) is 35.7 Å². The average Bonchev–Trinajstić information content (AvgIpc) is 3.16. The SMILES string of the molecule is Cc1ccc(N[C@H]2CO[C@]3(CCCN(Cc4csc(C)n4)C3)C2)nn1. The van der Waals surface area contributed by atoms with Gasteiger partial charge in [-0.25, -0.2) is 4.98 Å². The van der Waals surface area contributed by atoms with Gasteiger partial charge in [-0.15, -0.1) is 16.4 Å². The molecule has 7 heteroatoms. The summed E-state index contributed by atoms with van der Waals surface area (Å²) in [5, 5.41) is 15.1. The lowest BCUT2D eigenvalue weighted by Gasteiger charge is -2.39. The number of aromatic nitrogens is 3. The lowest BCUT2D eigenvalue weighted by molar-refractivity contribution is -0.0535. The van der Waals surface area contributed by atoms with Crippen LogP contribution in [0.2, 0.25) is 0 Å². The van der Waals surface area contributed by atoms with Crippen LogP contribution in [0.5, 0.6) is 0 Å². The highest BCUT2D eigenvalue weighted by molar-refractivity contribution is 7.09. The molecule has 134 valence electrons. The highest BCUT2D eigenvalue weighted by Gasteiger charge is 2.43. The van der Waals surface area contributed by atoms with Crippen LogP contribution in [0, 0.1) is 13.8 Å². The van der Waals surface area contributed by atoms with Gasteiger partial charge in [0.1, 0.15) is 5.82 Å². The molecule has 6 nitrogen and oxygen atoms in total. The molecule has 2 aromatic rings. The Hall–Kier alpha value is -1.57. The van der Waals surface area contributed by atoms with Gasteiger partial charge in [-0.05, 0) is 45.4 Å². The molecule has 2 aliphatic heterocycles. The summed E-state index contributed by atoms with van der Waals surface area (Å²) < 4.78 is 6.29. The Balaban J connectivity index is 1.36. The van der Waals surface area contributed by atoms with E-state index in [1.807, 2.05) is 19.1 Å². The predicted octanol–water partition coefficient (Wildman–Crippen LogP) is 2.79. The molecule has 1 spiro atoms. The van der Waals surface area contributed by atoms with Crippen LogP contribution >= 0.6 is 11.3 Å². The molecule has 4 heterocycles. The standard InChI is InChI=1S/C18H25N5OS/c1-13-4-5-17(22-21-13)20-15-8-18(24-10-15)6-3-7-23(12-18)9-16-11-25-14(2)19-16/h4-5,11,15H,3,6-10,12H2,1-2H3,(H,20,22)/t15-,18-/m1/s1. The Morgan fingerprint density at radius 2 is 2.28 bits per heavy atom. The second-order valence-electron chi connectivity index (χ2n) is 7.27. The molecule has 4 rings (SSSR count). The number of piperidine rings is 1. The zero-order valence-electron chi connectivity index (χ0n) is 14.9. The number of likely N-dealkylation sites (tertiary alicyclic amines) is 1. The molecular formula is C18H25N5OS. The average molecular weight is 359 g/mol. The highest BCUT2D eigenvalue weighted by Crippen LogP contribution is 2.36. The van der Waals surface area contributed by atoms with Gasteiger partial charge in [-0.1, -0.05) is 0 Å². The lowest BCUT2D eigenvalue weighted by Crippen LogP contribution is -2.47. The fraction of sp³-hybridized carbons (Fsp3) is 0.611.